The van der Waals surface area contributed by atoms with E-state index in [1.165, 1.54) is 23.9 Å². The monoisotopic (exact) mass is 481 g/mol. The van der Waals surface area contributed by atoms with Gasteiger partial charge in [0.1, 0.15) is 5.75 Å². The van der Waals surface area contributed by atoms with Gasteiger partial charge in [-0.3, -0.25) is 19.2 Å². The normalized spacial score (nSPS) is 17.2. The third kappa shape index (κ3) is 4.11. The summed E-state index contributed by atoms with van der Waals surface area (Å²) >= 11 is 0. The van der Waals surface area contributed by atoms with Crippen LogP contribution in [0.3, 0.4) is 0 Å². The molecule has 0 bridgehead atoms. The van der Waals surface area contributed by atoms with Gasteiger partial charge in [-0.25, -0.2) is 14.0 Å². The smallest absolute Gasteiger partial charge is 0.409 e. The number of amides is 1. The molecular formula is C26H28FN3O5. The maximum Gasteiger partial charge on any atom is 0.409 e. The number of aryl methyl sites for hydroxylation is 1. The van der Waals surface area contributed by atoms with E-state index in [1.54, 1.807) is 25.3 Å². The highest BCUT2D eigenvalue weighted by Gasteiger charge is 2.45. The molecule has 1 atom stereocenters. The number of nitrogens with zero attached hydrogens (tertiary/aromatic N) is 2. The maximum atomic E-state index is 15.7. The molecule has 1 aliphatic rings. The number of nitrogens with one attached hydrogen (secondary N) is 1. The van der Waals surface area contributed by atoms with Gasteiger partial charge in [0.05, 0.1) is 12.8 Å². The fraction of sp³-hybridized carbons (Fsp3) is 0.346. The molecule has 1 heterocycles. The minimum absolute atomic E-state index is 0.0335. The van der Waals surface area contributed by atoms with Crippen molar-refractivity contribution in [2.75, 3.05) is 14.2 Å². The molecule has 3 aromatic rings. The summed E-state index contributed by atoms with van der Waals surface area (Å²) in [6.07, 6.45) is 0.498. The fourth-order valence-electron chi connectivity index (χ4n) is 4.64. The molecule has 2 N–H and O–H groups in total. The minimum atomic E-state index is -2.09. The molecule has 1 amide bonds. The van der Waals surface area contributed by atoms with E-state index in [9.17, 15) is 19.5 Å². The Morgan fingerprint density at radius 2 is 1.91 bits per heavy atom. The van der Waals surface area contributed by atoms with Crippen LogP contribution in [0.4, 0.5) is 9.18 Å². The van der Waals surface area contributed by atoms with Crippen LogP contribution in [0, 0.1) is 0 Å². The molecule has 184 valence electrons. The van der Waals surface area contributed by atoms with E-state index < -0.39 is 23.1 Å². The lowest BCUT2D eigenvalue weighted by atomic mass is 9.83. The summed E-state index contributed by atoms with van der Waals surface area (Å²) in [6.45, 7) is 6.07. The number of carboxylic acid groups (broad SMARTS) is 1. The number of benzene rings is 2. The Morgan fingerprint density at radius 3 is 2.51 bits per heavy atom. The predicted octanol–water partition coefficient (Wildman–Crippen LogP) is 4.18. The predicted molar refractivity (Wildman–Crippen MR) is 130 cm³/mol. The second kappa shape index (κ2) is 8.41. The number of alkyl halides is 1. The molecule has 2 aromatic carbocycles. The van der Waals surface area contributed by atoms with Gasteiger partial charge in [-0.2, -0.15) is 0 Å². The SMILES string of the molecule is COc1c(-c2ccc3c(c2)CCC3(F)N(C)C(=O)O)cc(-n2ccc(=O)[nH]c2=O)cc1C(C)(C)C. The van der Waals surface area contributed by atoms with Crippen LogP contribution in [0.25, 0.3) is 16.8 Å². The van der Waals surface area contributed by atoms with E-state index in [4.69, 9.17) is 4.74 Å². The Hall–Kier alpha value is -3.88. The van der Waals surface area contributed by atoms with E-state index in [0.29, 0.717) is 39.4 Å². The first-order valence-corrected chi connectivity index (χ1v) is 11.2. The first-order chi connectivity index (χ1) is 16.4. The van der Waals surface area contributed by atoms with Crippen LogP contribution in [0.2, 0.25) is 0 Å². The van der Waals surface area contributed by atoms with Gasteiger partial charge in [0.2, 0.25) is 5.79 Å². The Labute approximate surface area is 201 Å². The zero-order valence-corrected chi connectivity index (χ0v) is 20.3. The number of aromatic nitrogens is 2. The average Bonchev–Trinajstić information content (AvgIpc) is 3.14. The van der Waals surface area contributed by atoms with E-state index in [0.717, 1.165) is 11.1 Å². The number of hydrogen-bond donors (Lipinski definition) is 2. The maximum absolute atomic E-state index is 15.7. The van der Waals surface area contributed by atoms with Gasteiger partial charge >= 0.3 is 11.8 Å². The topological polar surface area (TPSA) is 105 Å². The number of H-pyrrole nitrogens is 1. The summed E-state index contributed by atoms with van der Waals surface area (Å²) in [4.78, 5) is 38.5. The van der Waals surface area contributed by atoms with Crippen molar-refractivity contribution < 1.29 is 19.0 Å². The van der Waals surface area contributed by atoms with Gasteiger partial charge in [-0.15, -0.1) is 0 Å². The Bertz CT molecular complexity index is 1440. The van der Waals surface area contributed by atoms with Gasteiger partial charge in [0, 0.05) is 42.4 Å². The lowest BCUT2D eigenvalue weighted by molar-refractivity contribution is -0.00749. The van der Waals surface area contributed by atoms with Crippen LogP contribution < -0.4 is 16.0 Å². The lowest BCUT2D eigenvalue weighted by Gasteiger charge is -2.30. The van der Waals surface area contributed by atoms with Crippen LogP contribution in [-0.4, -0.2) is 39.8 Å². The van der Waals surface area contributed by atoms with Crippen LogP contribution >= 0.6 is 0 Å². The molecule has 0 aliphatic heterocycles. The van der Waals surface area contributed by atoms with Gasteiger partial charge in [0.15, 0.2) is 0 Å². The molecular weight excluding hydrogens is 453 g/mol. The molecule has 0 fully saturated rings. The molecule has 1 aliphatic carbocycles. The molecule has 0 radical (unpaired) electrons. The van der Waals surface area contributed by atoms with Crippen molar-refractivity contribution >= 4 is 6.09 Å². The highest BCUT2D eigenvalue weighted by atomic mass is 19.1. The summed E-state index contributed by atoms with van der Waals surface area (Å²) in [5, 5.41) is 9.34. The van der Waals surface area contributed by atoms with Gasteiger partial charge in [-0.1, -0.05) is 39.0 Å². The van der Waals surface area contributed by atoms with Crippen molar-refractivity contribution in [1.29, 1.82) is 0 Å². The number of halogens is 1. The van der Waals surface area contributed by atoms with Crippen LogP contribution in [0.1, 0.15) is 43.9 Å². The summed E-state index contributed by atoms with van der Waals surface area (Å²) in [7, 11) is 2.80. The first kappa shape index (κ1) is 24.3. The van der Waals surface area contributed by atoms with E-state index in [1.807, 2.05) is 32.9 Å². The summed E-state index contributed by atoms with van der Waals surface area (Å²) in [6, 6.07) is 10.1. The molecule has 1 aromatic heterocycles. The van der Waals surface area contributed by atoms with E-state index in [2.05, 4.69) is 4.98 Å². The van der Waals surface area contributed by atoms with Crippen molar-refractivity contribution in [3.05, 3.63) is 80.1 Å². The number of fused-ring (bicyclic) bond motifs is 1. The second-order valence-electron chi connectivity index (χ2n) is 9.78. The van der Waals surface area contributed by atoms with Gasteiger partial charge < -0.3 is 9.84 Å². The largest absolute Gasteiger partial charge is 0.496 e. The van der Waals surface area contributed by atoms with Crippen molar-refractivity contribution in [2.24, 2.45) is 0 Å². The second-order valence-corrected chi connectivity index (χ2v) is 9.78. The molecule has 8 nitrogen and oxygen atoms in total. The Morgan fingerprint density at radius 1 is 1.20 bits per heavy atom. The molecule has 1 unspecified atom stereocenters. The Kier molecular flexibility index (Phi) is 5.82. The summed E-state index contributed by atoms with van der Waals surface area (Å²) in [5.74, 6) is -1.48. The number of ether oxygens (including phenoxy) is 1. The van der Waals surface area contributed by atoms with Crippen LogP contribution in [0.15, 0.2) is 52.2 Å². The Balaban J connectivity index is 1.94. The summed E-state index contributed by atoms with van der Waals surface area (Å²) < 4.78 is 22.8. The van der Waals surface area contributed by atoms with Crippen molar-refractivity contribution in [3.8, 4) is 22.6 Å². The number of hydrogen-bond acceptors (Lipinski definition) is 4. The van der Waals surface area contributed by atoms with Gasteiger partial charge in [0.25, 0.3) is 5.56 Å². The van der Waals surface area contributed by atoms with Crippen LogP contribution in [-0.2, 0) is 17.6 Å². The zero-order chi connectivity index (χ0) is 25.7. The quantitative estimate of drug-likeness (QED) is 0.544. The lowest BCUT2D eigenvalue weighted by Crippen LogP contribution is -2.41. The average molecular weight is 482 g/mol. The highest BCUT2D eigenvalue weighted by Crippen LogP contribution is 2.46. The standard InChI is InChI=1S/C26H28FN3O5/c1-25(2,3)20-14-17(30-11-9-21(31)28-23(30)32)13-18(22(20)35-5)15-6-7-19-16(12-15)8-10-26(19,27)29(4)24(33)34/h6-7,9,11-14H,8,10H2,1-5H3,(H,33,34)(H,28,31,32). The molecule has 9 heteroatoms. The third-order valence-electron chi connectivity index (χ3n) is 6.56. The van der Waals surface area contributed by atoms with E-state index >= 15 is 4.39 Å². The summed E-state index contributed by atoms with van der Waals surface area (Å²) in [5.41, 5.74) is 2.45. The van der Waals surface area contributed by atoms with Crippen molar-refractivity contribution in [1.82, 2.24) is 14.5 Å². The van der Waals surface area contributed by atoms with Crippen LogP contribution in [0.5, 0.6) is 5.75 Å². The number of methoxy groups -OCH3 is 1. The molecule has 4 rings (SSSR count). The fourth-order valence-corrected chi connectivity index (χ4v) is 4.64. The minimum Gasteiger partial charge on any atom is -0.496 e. The number of carbonyl (C=O) groups is 1. The third-order valence-corrected chi connectivity index (χ3v) is 6.56. The number of aromatic amines is 1. The van der Waals surface area contributed by atoms with Crippen molar-refractivity contribution in [3.63, 3.8) is 0 Å². The molecule has 0 saturated heterocycles. The molecule has 0 spiro atoms. The molecule has 35 heavy (non-hydrogen) atoms. The molecule has 0 saturated carbocycles. The van der Waals surface area contributed by atoms with E-state index in [-0.39, 0.29) is 11.8 Å². The number of rotatable bonds is 4. The van der Waals surface area contributed by atoms with Gasteiger partial charge in [-0.05, 0) is 35.1 Å². The highest BCUT2D eigenvalue weighted by molar-refractivity contribution is 5.77. The zero-order valence-electron chi connectivity index (χ0n) is 20.3. The van der Waals surface area contributed by atoms with Crippen molar-refractivity contribution in [2.45, 2.75) is 44.8 Å². The first-order valence-electron chi connectivity index (χ1n) is 11.2.